The van der Waals surface area contributed by atoms with Crippen molar-refractivity contribution in [2.24, 2.45) is 21.6 Å². The van der Waals surface area contributed by atoms with Crippen LogP contribution in [-0.4, -0.2) is 30.9 Å². The molecule has 4 rings (SSSR count). The largest absolute Gasteiger partial charge is 0.489 e. The van der Waals surface area contributed by atoms with Crippen molar-refractivity contribution in [3.63, 3.8) is 0 Å². The van der Waals surface area contributed by atoms with E-state index in [1.165, 1.54) is 0 Å². The molecule has 3 heterocycles. The lowest BCUT2D eigenvalue weighted by Gasteiger charge is -2.40. The van der Waals surface area contributed by atoms with Crippen LogP contribution < -0.4 is 10.5 Å². The van der Waals surface area contributed by atoms with Crippen LogP contribution in [0.2, 0.25) is 0 Å². The molecule has 0 aliphatic carbocycles. The second-order valence-electron chi connectivity index (χ2n) is 6.49. The predicted molar refractivity (Wildman–Crippen MR) is 93.1 cm³/mol. The molecule has 23 heavy (non-hydrogen) atoms. The Morgan fingerprint density at radius 2 is 2.22 bits per heavy atom. The van der Waals surface area contributed by atoms with Gasteiger partial charge in [-0.25, -0.2) is 4.99 Å². The van der Waals surface area contributed by atoms with E-state index in [1.807, 2.05) is 25.1 Å². The van der Waals surface area contributed by atoms with Crippen molar-refractivity contribution in [2.75, 3.05) is 13.2 Å². The topological polar surface area (TPSA) is 69.2 Å². The maximum absolute atomic E-state index is 6.30. The molecule has 1 fully saturated rings. The van der Waals surface area contributed by atoms with Gasteiger partial charge < -0.3 is 15.2 Å². The van der Waals surface area contributed by atoms with Crippen LogP contribution in [-0.2, 0) is 10.4 Å². The highest BCUT2D eigenvalue weighted by atomic mass is 79.9. The van der Waals surface area contributed by atoms with Gasteiger partial charge in [0, 0.05) is 29.0 Å². The molecule has 3 aliphatic rings. The fourth-order valence-corrected chi connectivity index (χ4v) is 4.05. The fourth-order valence-electron chi connectivity index (χ4n) is 3.69. The second-order valence-corrected chi connectivity index (χ2v) is 7.40. The van der Waals surface area contributed by atoms with Crippen LogP contribution in [0.4, 0.5) is 0 Å². The predicted octanol–water partition coefficient (Wildman–Crippen LogP) is 3.01. The zero-order valence-corrected chi connectivity index (χ0v) is 14.7. The SMILES string of the molecule is CC1=N[C@@]2(C[C@@H]([C@@H]3CCCOC3)Oc3ccc(Br)cc32)N=C1N. The summed E-state index contributed by atoms with van der Waals surface area (Å²) < 4.78 is 12.9. The van der Waals surface area contributed by atoms with E-state index in [-0.39, 0.29) is 6.10 Å². The Kier molecular flexibility index (Phi) is 3.69. The van der Waals surface area contributed by atoms with Crippen molar-refractivity contribution < 1.29 is 9.47 Å². The highest BCUT2D eigenvalue weighted by Gasteiger charge is 2.47. The molecule has 0 aromatic heterocycles. The fraction of sp³-hybridized carbons (Fsp3) is 0.529. The quantitative estimate of drug-likeness (QED) is 0.817. The van der Waals surface area contributed by atoms with Crippen molar-refractivity contribution in [1.82, 2.24) is 0 Å². The number of ether oxygens (including phenoxy) is 2. The van der Waals surface area contributed by atoms with E-state index in [4.69, 9.17) is 25.2 Å². The molecule has 0 radical (unpaired) electrons. The number of hydrogen-bond acceptors (Lipinski definition) is 5. The molecule has 3 atom stereocenters. The van der Waals surface area contributed by atoms with Gasteiger partial charge in [-0.05, 0) is 38.0 Å². The van der Waals surface area contributed by atoms with Crippen molar-refractivity contribution >= 4 is 27.5 Å². The second kappa shape index (κ2) is 5.60. The number of rotatable bonds is 1. The highest BCUT2D eigenvalue weighted by molar-refractivity contribution is 9.10. The van der Waals surface area contributed by atoms with Gasteiger partial charge in [-0.2, -0.15) is 0 Å². The summed E-state index contributed by atoms with van der Waals surface area (Å²) >= 11 is 3.54. The van der Waals surface area contributed by atoms with Gasteiger partial charge in [-0.1, -0.05) is 15.9 Å². The van der Waals surface area contributed by atoms with Crippen molar-refractivity contribution in [1.29, 1.82) is 0 Å². The minimum atomic E-state index is -0.645. The maximum atomic E-state index is 6.30. The summed E-state index contributed by atoms with van der Waals surface area (Å²) in [7, 11) is 0. The van der Waals surface area contributed by atoms with Crippen LogP contribution >= 0.6 is 15.9 Å². The summed E-state index contributed by atoms with van der Waals surface area (Å²) in [4.78, 5) is 9.57. The average molecular weight is 378 g/mol. The molecule has 122 valence electrons. The maximum Gasteiger partial charge on any atom is 0.185 e. The molecule has 0 saturated carbocycles. The van der Waals surface area contributed by atoms with Crippen molar-refractivity contribution in [2.45, 2.75) is 38.0 Å². The number of amidine groups is 1. The summed E-state index contributed by atoms with van der Waals surface area (Å²) in [5.41, 5.74) is 7.19. The first-order chi connectivity index (χ1) is 11.1. The van der Waals surface area contributed by atoms with Crippen molar-refractivity contribution in [3.8, 4) is 5.75 Å². The molecule has 0 bridgehead atoms. The molecule has 5 nitrogen and oxygen atoms in total. The molecule has 2 N–H and O–H groups in total. The first-order valence-corrected chi connectivity index (χ1v) is 8.83. The zero-order chi connectivity index (χ0) is 16.0. The Hall–Kier alpha value is -1.40. The number of hydrogen-bond donors (Lipinski definition) is 1. The van der Waals surface area contributed by atoms with Gasteiger partial charge in [-0.15, -0.1) is 0 Å². The molecule has 1 saturated heterocycles. The molecule has 1 spiro atoms. The van der Waals surface area contributed by atoms with Crippen molar-refractivity contribution in [3.05, 3.63) is 28.2 Å². The van der Waals surface area contributed by atoms with E-state index in [0.29, 0.717) is 18.2 Å². The summed E-state index contributed by atoms with van der Waals surface area (Å²) in [6, 6.07) is 6.03. The van der Waals surface area contributed by atoms with E-state index in [0.717, 1.165) is 47.6 Å². The molecule has 0 unspecified atom stereocenters. The Balaban J connectivity index is 1.77. The first-order valence-electron chi connectivity index (χ1n) is 8.04. The standard InChI is InChI=1S/C17H20BrN3O2/c1-10-16(19)21-17(20-10)8-15(11-3-2-6-22-9-11)23-14-5-4-12(18)7-13(14)17/h4-5,7,11,15H,2-3,6,8-9H2,1H3,(H2,19,21)/t11-,15+,17+/m1/s1. The van der Waals surface area contributed by atoms with E-state index < -0.39 is 5.66 Å². The van der Waals surface area contributed by atoms with Crippen LogP contribution in [0.5, 0.6) is 5.75 Å². The van der Waals surface area contributed by atoms with E-state index in [9.17, 15) is 0 Å². The third kappa shape index (κ3) is 2.58. The molecule has 0 amide bonds. The van der Waals surface area contributed by atoms with Crippen LogP contribution in [0.15, 0.2) is 32.7 Å². The monoisotopic (exact) mass is 377 g/mol. The number of nitrogens with zero attached hydrogens (tertiary/aromatic N) is 2. The molecular weight excluding hydrogens is 358 g/mol. The highest BCUT2D eigenvalue weighted by Crippen LogP contribution is 2.48. The number of nitrogens with two attached hydrogens (primary N) is 1. The summed E-state index contributed by atoms with van der Waals surface area (Å²) in [5, 5.41) is 0. The molecule has 1 aromatic rings. The third-order valence-corrected chi connectivity index (χ3v) is 5.38. The lowest BCUT2D eigenvalue weighted by atomic mass is 9.83. The Morgan fingerprint density at radius 1 is 1.35 bits per heavy atom. The van der Waals surface area contributed by atoms with Gasteiger partial charge in [0.25, 0.3) is 0 Å². The van der Waals surface area contributed by atoms with Gasteiger partial charge in [-0.3, -0.25) is 4.99 Å². The normalized spacial score (nSPS) is 33.0. The molecular formula is C17H20BrN3O2. The van der Waals surface area contributed by atoms with Crippen LogP contribution in [0.3, 0.4) is 0 Å². The number of aliphatic imine (C=N–C) groups is 2. The van der Waals surface area contributed by atoms with Crippen LogP contribution in [0.1, 0.15) is 31.7 Å². The van der Waals surface area contributed by atoms with E-state index in [1.54, 1.807) is 0 Å². The summed E-state index contributed by atoms with van der Waals surface area (Å²) in [6.07, 6.45) is 2.96. The van der Waals surface area contributed by atoms with Crippen LogP contribution in [0, 0.1) is 5.92 Å². The molecule has 3 aliphatic heterocycles. The first kappa shape index (κ1) is 15.1. The van der Waals surface area contributed by atoms with Gasteiger partial charge in [0.2, 0.25) is 0 Å². The number of benzene rings is 1. The zero-order valence-electron chi connectivity index (χ0n) is 13.1. The molecule has 6 heteroatoms. The average Bonchev–Trinajstić information content (AvgIpc) is 2.83. The van der Waals surface area contributed by atoms with Crippen LogP contribution in [0.25, 0.3) is 0 Å². The number of halogens is 1. The number of fused-ring (bicyclic) bond motifs is 2. The van der Waals surface area contributed by atoms with Gasteiger partial charge >= 0.3 is 0 Å². The minimum Gasteiger partial charge on any atom is -0.489 e. The van der Waals surface area contributed by atoms with E-state index in [2.05, 4.69) is 15.9 Å². The Morgan fingerprint density at radius 3 is 2.91 bits per heavy atom. The Bertz CT molecular complexity index is 677. The van der Waals surface area contributed by atoms with Gasteiger partial charge in [0.1, 0.15) is 17.7 Å². The lowest BCUT2D eigenvalue weighted by Crippen LogP contribution is -2.42. The summed E-state index contributed by atoms with van der Waals surface area (Å²) in [5.74, 6) is 1.76. The lowest BCUT2D eigenvalue weighted by molar-refractivity contribution is -0.0166. The summed E-state index contributed by atoms with van der Waals surface area (Å²) in [6.45, 7) is 3.51. The van der Waals surface area contributed by atoms with E-state index >= 15 is 0 Å². The third-order valence-electron chi connectivity index (χ3n) is 4.89. The smallest absolute Gasteiger partial charge is 0.185 e. The van der Waals surface area contributed by atoms with Gasteiger partial charge in [0.05, 0.1) is 12.3 Å². The molecule has 1 aromatic carbocycles. The Labute approximate surface area is 144 Å². The van der Waals surface area contributed by atoms with Gasteiger partial charge in [0.15, 0.2) is 5.66 Å². The minimum absolute atomic E-state index is 0.0511.